The Balaban J connectivity index is 1.80. The molecule has 0 radical (unpaired) electrons. The molecule has 1 saturated heterocycles. The van der Waals surface area contributed by atoms with E-state index >= 15 is 0 Å². The van der Waals surface area contributed by atoms with Crippen molar-refractivity contribution in [2.75, 3.05) is 31.9 Å². The first-order valence-electron chi connectivity index (χ1n) is 6.11. The number of rotatable bonds is 2. The molecule has 0 atom stereocenters. The minimum Gasteiger partial charge on any atom is -0.399 e. The van der Waals surface area contributed by atoms with Crippen LogP contribution in [0.1, 0.15) is 5.69 Å². The summed E-state index contributed by atoms with van der Waals surface area (Å²) in [6, 6.07) is 8.24. The number of fused-ring (bicyclic) bond motifs is 1. The van der Waals surface area contributed by atoms with Gasteiger partial charge < -0.3 is 16.0 Å². The van der Waals surface area contributed by atoms with E-state index in [1.54, 1.807) is 0 Å². The monoisotopic (exact) mass is 230 g/mol. The minimum absolute atomic E-state index is 0.813. The van der Waals surface area contributed by atoms with Gasteiger partial charge in [0.1, 0.15) is 0 Å². The second-order valence-electron chi connectivity index (χ2n) is 4.67. The maximum Gasteiger partial charge on any atom is 0.0477 e. The van der Waals surface area contributed by atoms with Crippen molar-refractivity contribution in [2.45, 2.75) is 6.54 Å². The minimum atomic E-state index is 0.813. The van der Waals surface area contributed by atoms with Crippen molar-refractivity contribution in [3.05, 3.63) is 30.0 Å². The van der Waals surface area contributed by atoms with E-state index in [9.17, 15) is 0 Å². The molecule has 1 aliphatic heterocycles. The van der Waals surface area contributed by atoms with Gasteiger partial charge in [0.05, 0.1) is 0 Å². The average molecular weight is 230 g/mol. The van der Waals surface area contributed by atoms with E-state index in [0.29, 0.717) is 0 Å². The zero-order valence-corrected chi connectivity index (χ0v) is 9.87. The molecular formula is C13H18N4. The van der Waals surface area contributed by atoms with Crippen LogP contribution >= 0.6 is 0 Å². The highest BCUT2D eigenvalue weighted by Gasteiger charge is 2.11. The summed E-state index contributed by atoms with van der Waals surface area (Å²) in [5.41, 5.74) is 9.00. The Labute approximate surface area is 101 Å². The summed E-state index contributed by atoms with van der Waals surface area (Å²) in [7, 11) is 0. The molecule has 0 bridgehead atoms. The van der Waals surface area contributed by atoms with Crippen LogP contribution in [0.2, 0.25) is 0 Å². The number of nitrogens with one attached hydrogen (secondary N) is 2. The van der Waals surface area contributed by atoms with Crippen molar-refractivity contribution < 1.29 is 0 Å². The maximum atomic E-state index is 5.78. The molecule has 1 aromatic heterocycles. The molecule has 0 aliphatic carbocycles. The van der Waals surface area contributed by atoms with E-state index < -0.39 is 0 Å². The number of hydrogen-bond donors (Lipinski definition) is 3. The maximum absolute atomic E-state index is 5.78. The van der Waals surface area contributed by atoms with Crippen LogP contribution < -0.4 is 11.1 Å². The quantitative estimate of drug-likeness (QED) is 0.678. The molecule has 4 heteroatoms. The van der Waals surface area contributed by atoms with Crippen LogP contribution in [-0.4, -0.2) is 36.1 Å². The molecule has 0 unspecified atom stereocenters. The molecule has 2 heterocycles. The van der Waals surface area contributed by atoms with Crippen molar-refractivity contribution in [3.8, 4) is 0 Å². The van der Waals surface area contributed by atoms with Gasteiger partial charge in [0.2, 0.25) is 0 Å². The van der Waals surface area contributed by atoms with E-state index in [-0.39, 0.29) is 0 Å². The summed E-state index contributed by atoms with van der Waals surface area (Å²) >= 11 is 0. The van der Waals surface area contributed by atoms with Crippen LogP contribution in [0.25, 0.3) is 10.9 Å². The van der Waals surface area contributed by atoms with Crippen LogP contribution in [0.15, 0.2) is 24.3 Å². The van der Waals surface area contributed by atoms with Gasteiger partial charge in [0.25, 0.3) is 0 Å². The average Bonchev–Trinajstić information content (AvgIpc) is 2.71. The Kier molecular flexibility index (Phi) is 2.74. The van der Waals surface area contributed by atoms with Crippen molar-refractivity contribution in [3.63, 3.8) is 0 Å². The Morgan fingerprint density at radius 2 is 2.00 bits per heavy atom. The topological polar surface area (TPSA) is 57.1 Å². The molecular weight excluding hydrogens is 212 g/mol. The van der Waals surface area contributed by atoms with Gasteiger partial charge in [-0.3, -0.25) is 4.90 Å². The first kappa shape index (κ1) is 10.6. The third-order valence-corrected chi connectivity index (χ3v) is 3.31. The van der Waals surface area contributed by atoms with E-state index in [1.165, 1.54) is 11.1 Å². The normalized spacial score (nSPS) is 17.6. The van der Waals surface area contributed by atoms with E-state index in [1.807, 2.05) is 12.1 Å². The number of hydrogen-bond acceptors (Lipinski definition) is 3. The predicted octanol–water partition coefficient (Wildman–Crippen LogP) is 1.16. The Morgan fingerprint density at radius 1 is 1.18 bits per heavy atom. The highest BCUT2D eigenvalue weighted by molar-refractivity contribution is 5.83. The van der Waals surface area contributed by atoms with Crippen LogP contribution in [0.4, 0.5) is 5.69 Å². The van der Waals surface area contributed by atoms with Crippen LogP contribution in [0.3, 0.4) is 0 Å². The Morgan fingerprint density at radius 3 is 2.82 bits per heavy atom. The molecule has 1 aromatic carbocycles. The molecule has 90 valence electrons. The highest BCUT2D eigenvalue weighted by Crippen LogP contribution is 2.19. The smallest absolute Gasteiger partial charge is 0.0477 e. The second kappa shape index (κ2) is 4.39. The van der Waals surface area contributed by atoms with Gasteiger partial charge in [-0.15, -0.1) is 0 Å². The number of H-pyrrole nitrogens is 1. The molecule has 1 fully saturated rings. The molecule has 2 aromatic rings. The first-order chi connectivity index (χ1) is 8.31. The summed E-state index contributed by atoms with van der Waals surface area (Å²) in [5.74, 6) is 0. The lowest BCUT2D eigenvalue weighted by Gasteiger charge is -2.26. The van der Waals surface area contributed by atoms with E-state index in [0.717, 1.165) is 43.9 Å². The number of aromatic amines is 1. The summed E-state index contributed by atoms with van der Waals surface area (Å²) in [5, 5.41) is 4.61. The number of benzene rings is 1. The van der Waals surface area contributed by atoms with Crippen molar-refractivity contribution in [2.24, 2.45) is 0 Å². The van der Waals surface area contributed by atoms with Gasteiger partial charge in [-0.25, -0.2) is 0 Å². The summed E-state index contributed by atoms with van der Waals surface area (Å²) in [6.07, 6.45) is 0. The number of anilines is 1. The van der Waals surface area contributed by atoms with Gasteiger partial charge in [0, 0.05) is 49.6 Å². The van der Waals surface area contributed by atoms with E-state index in [4.69, 9.17) is 5.73 Å². The van der Waals surface area contributed by atoms with Gasteiger partial charge in [-0.05, 0) is 23.6 Å². The molecule has 4 N–H and O–H groups in total. The lowest BCUT2D eigenvalue weighted by Crippen LogP contribution is -2.42. The Bertz CT molecular complexity index is 511. The molecule has 17 heavy (non-hydrogen) atoms. The second-order valence-corrected chi connectivity index (χ2v) is 4.67. The highest BCUT2D eigenvalue weighted by atomic mass is 15.2. The third-order valence-electron chi connectivity index (χ3n) is 3.31. The largest absolute Gasteiger partial charge is 0.399 e. The van der Waals surface area contributed by atoms with Crippen molar-refractivity contribution in [1.82, 2.24) is 15.2 Å². The third kappa shape index (κ3) is 2.28. The van der Waals surface area contributed by atoms with Gasteiger partial charge in [-0.2, -0.15) is 0 Å². The van der Waals surface area contributed by atoms with E-state index in [2.05, 4.69) is 27.3 Å². The van der Waals surface area contributed by atoms with Gasteiger partial charge in [-0.1, -0.05) is 6.07 Å². The lowest BCUT2D eigenvalue weighted by molar-refractivity contribution is 0.231. The summed E-state index contributed by atoms with van der Waals surface area (Å²) < 4.78 is 0. The lowest BCUT2D eigenvalue weighted by atomic mass is 10.2. The predicted molar refractivity (Wildman–Crippen MR) is 70.9 cm³/mol. The van der Waals surface area contributed by atoms with Crippen LogP contribution in [0.5, 0.6) is 0 Å². The van der Waals surface area contributed by atoms with Crippen molar-refractivity contribution in [1.29, 1.82) is 0 Å². The first-order valence-corrected chi connectivity index (χ1v) is 6.11. The fourth-order valence-corrected chi connectivity index (χ4v) is 2.40. The zero-order chi connectivity index (χ0) is 11.7. The summed E-state index contributed by atoms with van der Waals surface area (Å²) in [6.45, 7) is 5.42. The fourth-order valence-electron chi connectivity index (χ4n) is 2.40. The molecule has 4 nitrogen and oxygen atoms in total. The molecule has 0 spiro atoms. The molecule has 0 saturated carbocycles. The number of aromatic nitrogens is 1. The molecule has 3 rings (SSSR count). The fraction of sp³-hybridized carbons (Fsp3) is 0.385. The molecule has 1 aliphatic rings. The molecule has 0 amide bonds. The zero-order valence-electron chi connectivity index (χ0n) is 9.87. The number of nitrogen functional groups attached to an aromatic ring is 1. The summed E-state index contributed by atoms with van der Waals surface area (Å²) in [4.78, 5) is 5.90. The van der Waals surface area contributed by atoms with Crippen LogP contribution in [-0.2, 0) is 6.54 Å². The standard InChI is InChI=1S/C13H18N4/c14-11-2-1-10-7-12(16-13(10)8-11)9-17-5-3-15-4-6-17/h1-2,7-8,15-16H,3-6,9,14H2. The van der Waals surface area contributed by atoms with Crippen molar-refractivity contribution >= 4 is 16.6 Å². The number of piperazine rings is 1. The van der Waals surface area contributed by atoms with Crippen LogP contribution in [0, 0.1) is 0 Å². The SMILES string of the molecule is Nc1ccc2cc(CN3CCNCC3)[nH]c2c1. The number of nitrogens with zero attached hydrogens (tertiary/aromatic N) is 1. The Hall–Kier alpha value is -1.52. The van der Waals surface area contributed by atoms with Gasteiger partial charge >= 0.3 is 0 Å². The number of nitrogens with two attached hydrogens (primary N) is 1. The van der Waals surface area contributed by atoms with Gasteiger partial charge in [0.15, 0.2) is 0 Å².